The van der Waals surface area contributed by atoms with Crippen molar-refractivity contribution in [2.45, 2.75) is 41.0 Å². The molecule has 2 N–H and O–H groups in total. The molecule has 0 unspecified atom stereocenters. The molecular formula is C29H41BrN4OS. The second-order valence-corrected chi connectivity index (χ2v) is 8.77. The number of aryl methyl sites for hydroxylation is 1. The number of carbonyl (C=O) groups excluding carboxylic acids is 1. The van der Waals surface area contributed by atoms with Crippen molar-refractivity contribution in [1.29, 1.82) is 0 Å². The van der Waals surface area contributed by atoms with Crippen molar-refractivity contribution in [3.63, 3.8) is 0 Å². The molecule has 0 fully saturated rings. The van der Waals surface area contributed by atoms with Crippen molar-refractivity contribution < 1.29 is 4.79 Å². The summed E-state index contributed by atoms with van der Waals surface area (Å²) in [6.07, 6.45) is 9.84. The van der Waals surface area contributed by atoms with E-state index in [2.05, 4.69) is 113 Å². The Morgan fingerprint density at radius 1 is 1.19 bits per heavy atom. The molecule has 0 aliphatic rings. The third-order valence-electron chi connectivity index (χ3n) is 4.76. The van der Waals surface area contributed by atoms with Gasteiger partial charge in [-0.1, -0.05) is 63.8 Å². The molecule has 196 valence electrons. The number of H-pyrrole nitrogens is 1. The standard InChI is InChI=1S/C16H17N3S.C9H14BrN.C2H4O.C2H6/c1-11-10-17-16(20)19(11)15-9-8-14(18(2)3)12-6-4-5-7-13(12)15;1-4-5-6-7-9(11-3)8(2)10;1-2-3;1-2/h4-10H,1-3H3,(H,17,20);5-7,11H,2,4H2,1,3H3;2H,1H3;1-2H3/b;6-5-,9-7+;;. The van der Waals surface area contributed by atoms with Crippen LogP contribution in [0.3, 0.4) is 0 Å². The van der Waals surface area contributed by atoms with E-state index in [0.29, 0.717) is 0 Å². The van der Waals surface area contributed by atoms with Crippen molar-refractivity contribution in [2.75, 3.05) is 26.0 Å². The fourth-order valence-electron chi connectivity index (χ4n) is 3.22. The van der Waals surface area contributed by atoms with E-state index in [4.69, 9.17) is 17.0 Å². The molecule has 1 heterocycles. The lowest BCUT2D eigenvalue weighted by Gasteiger charge is -2.18. The number of aldehydes is 1. The van der Waals surface area contributed by atoms with E-state index < -0.39 is 0 Å². The number of nitrogens with one attached hydrogen (secondary N) is 2. The fourth-order valence-corrected chi connectivity index (χ4v) is 3.85. The molecule has 0 aliphatic heterocycles. The predicted molar refractivity (Wildman–Crippen MR) is 165 cm³/mol. The van der Waals surface area contributed by atoms with Crippen LogP contribution >= 0.6 is 28.1 Å². The molecular weight excluding hydrogens is 532 g/mol. The van der Waals surface area contributed by atoms with Crippen LogP contribution in [-0.4, -0.2) is 37.0 Å². The molecule has 0 saturated carbocycles. The summed E-state index contributed by atoms with van der Waals surface area (Å²) in [6, 6.07) is 12.7. The average Bonchev–Trinajstić information content (AvgIpc) is 3.20. The van der Waals surface area contributed by atoms with Crippen LogP contribution in [0.25, 0.3) is 16.5 Å². The summed E-state index contributed by atoms with van der Waals surface area (Å²) in [5.41, 5.74) is 4.45. The minimum Gasteiger partial charge on any atom is -0.387 e. The lowest BCUT2D eigenvalue weighted by atomic mass is 10.1. The highest BCUT2D eigenvalue weighted by molar-refractivity contribution is 9.11. The minimum atomic E-state index is 0.727. The first-order chi connectivity index (χ1) is 17.2. The Morgan fingerprint density at radius 3 is 2.22 bits per heavy atom. The van der Waals surface area contributed by atoms with Gasteiger partial charge in [0.25, 0.3) is 0 Å². The second kappa shape index (κ2) is 18.4. The van der Waals surface area contributed by atoms with Gasteiger partial charge < -0.3 is 20.0 Å². The van der Waals surface area contributed by atoms with Crippen LogP contribution in [0.1, 0.15) is 39.8 Å². The zero-order chi connectivity index (χ0) is 27.7. The maximum absolute atomic E-state index is 8.81. The number of hydrogen-bond donors (Lipinski definition) is 2. The van der Waals surface area contributed by atoms with Crippen LogP contribution in [0.2, 0.25) is 0 Å². The van der Waals surface area contributed by atoms with Gasteiger partial charge in [0.1, 0.15) is 6.29 Å². The summed E-state index contributed by atoms with van der Waals surface area (Å²) in [7, 11) is 6.00. The van der Waals surface area contributed by atoms with E-state index in [1.807, 2.05) is 39.2 Å². The Bertz CT molecular complexity index is 1210. The molecule has 1 aromatic heterocycles. The number of anilines is 1. The molecule has 0 spiro atoms. The van der Waals surface area contributed by atoms with Crippen LogP contribution in [0.4, 0.5) is 5.69 Å². The molecule has 7 heteroatoms. The number of allylic oxidation sites excluding steroid dienone is 4. The SMILES string of the molecule is C=C(Br)/C(=C\C=C/CC)NC.CC.CC=O.Cc1c[nH]c(=S)n1-c1ccc(N(C)C)c2ccccc12. The van der Waals surface area contributed by atoms with E-state index in [1.54, 1.807) is 0 Å². The van der Waals surface area contributed by atoms with Crippen LogP contribution in [-0.2, 0) is 4.79 Å². The van der Waals surface area contributed by atoms with E-state index in [0.717, 1.165) is 39.0 Å². The molecule has 0 atom stereocenters. The quantitative estimate of drug-likeness (QED) is 0.177. The highest BCUT2D eigenvalue weighted by atomic mass is 79.9. The van der Waals surface area contributed by atoms with Crippen LogP contribution in [0.5, 0.6) is 0 Å². The van der Waals surface area contributed by atoms with Gasteiger partial charge in [-0.3, -0.25) is 4.57 Å². The Balaban J connectivity index is 0.000000653. The summed E-state index contributed by atoms with van der Waals surface area (Å²) in [4.78, 5) is 14.0. The van der Waals surface area contributed by atoms with Gasteiger partial charge in [0, 0.05) is 59.7 Å². The number of halogens is 1. The smallest absolute Gasteiger partial charge is 0.182 e. The molecule has 0 aliphatic carbocycles. The topological polar surface area (TPSA) is 53.1 Å². The molecule has 0 saturated heterocycles. The second-order valence-electron chi connectivity index (χ2n) is 7.42. The van der Waals surface area contributed by atoms with Crippen LogP contribution in [0.15, 0.2) is 77.6 Å². The molecule has 5 nitrogen and oxygen atoms in total. The van der Waals surface area contributed by atoms with Gasteiger partial charge in [0.05, 0.1) is 5.69 Å². The number of benzene rings is 2. The number of aromatic amines is 1. The highest BCUT2D eigenvalue weighted by Crippen LogP contribution is 2.31. The Kier molecular flexibility index (Phi) is 16.9. The summed E-state index contributed by atoms with van der Waals surface area (Å²) in [5, 5.41) is 5.46. The Labute approximate surface area is 230 Å². The van der Waals surface area contributed by atoms with E-state index in [-0.39, 0.29) is 0 Å². The predicted octanol–water partition coefficient (Wildman–Crippen LogP) is 8.26. The summed E-state index contributed by atoms with van der Waals surface area (Å²) in [5.74, 6) is 0. The lowest BCUT2D eigenvalue weighted by molar-refractivity contribution is -0.106. The number of carbonyl (C=O) groups is 1. The molecule has 0 bridgehead atoms. The Hall–Kier alpha value is -2.90. The van der Waals surface area contributed by atoms with Crippen molar-refractivity contribution in [3.05, 3.63) is 88.0 Å². The Morgan fingerprint density at radius 2 is 1.78 bits per heavy atom. The fraction of sp³-hybridized carbons (Fsp3) is 0.310. The lowest BCUT2D eigenvalue weighted by Crippen LogP contribution is -2.09. The maximum atomic E-state index is 8.81. The number of fused-ring (bicyclic) bond motifs is 1. The van der Waals surface area contributed by atoms with E-state index in [9.17, 15) is 0 Å². The van der Waals surface area contributed by atoms with Gasteiger partial charge in [0.15, 0.2) is 4.77 Å². The maximum Gasteiger partial charge on any atom is 0.182 e. The first-order valence-corrected chi connectivity index (χ1v) is 13.2. The number of likely N-dealkylation sites (N-methyl/N-ethyl adjacent to an activating group) is 1. The zero-order valence-electron chi connectivity index (χ0n) is 22.9. The molecule has 0 amide bonds. The number of imidazole rings is 1. The third kappa shape index (κ3) is 9.99. The van der Waals surface area contributed by atoms with Crippen LogP contribution in [0, 0.1) is 11.7 Å². The van der Waals surface area contributed by atoms with Crippen molar-refractivity contribution in [3.8, 4) is 5.69 Å². The van der Waals surface area contributed by atoms with Gasteiger partial charge in [-0.25, -0.2) is 0 Å². The number of aromatic nitrogens is 2. The molecule has 3 rings (SSSR count). The number of nitrogens with zero attached hydrogens (tertiary/aromatic N) is 2. The molecule has 0 radical (unpaired) electrons. The van der Waals surface area contributed by atoms with Crippen molar-refractivity contribution >= 4 is 50.9 Å². The van der Waals surface area contributed by atoms with Gasteiger partial charge in [-0.2, -0.15) is 0 Å². The van der Waals surface area contributed by atoms with Gasteiger partial charge in [-0.05, 0) is 66.6 Å². The van der Waals surface area contributed by atoms with E-state index >= 15 is 0 Å². The van der Waals surface area contributed by atoms with Gasteiger partial charge in [0.2, 0.25) is 0 Å². The first kappa shape index (κ1) is 33.1. The summed E-state index contributed by atoms with van der Waals surface area (Å²) >= 11 is 8.69. The highest BCUT2D eigenvalue weighted by Gasteiger charge is 2.10. The monoisotopic (exact) mass is 572 g/mol. The van der Waals surface area contributed by atoms with Gasteiger partial charge in [-0.15, -0.1) is 0 Å². The molecule has 36 heavy (non-hydrogen) atoms. The van der Waals surface area contributed by atoms with Gasteiger partial charge >= 0.3 is 0 Å². The largest absolute Gasteiger partial charge is 0.387 e. The van der Waals surface area contributed by atoms with E-state index in [1.165, 1.54) is 23.4 Å². The minimum absolute atomic E-state index is 0.727. The van der Waals surface area contributed by atoms with Crippen molar-refractivity contribution in [2.24, 2.45) is 0 Å². The van der Waals surface area contributed by atoms with Crippen LogP contribution < -0.4 is 10.2 Å². The molecule has 3 aromatic rings. The average molecular weight is 574 g/mol. The summed E-state index contributed by atoms with van der Waals surface area (Å²) < 4.78 is 3.68. The summed E-state index contributed by atoms with van der Waals surface area (Å²) in [6.45, 7) is 13.4. The molecule has 2 aromatic carbocycles. The number of hydrogen-bond acceptors (Lipinski definition) is 4. The zero-order valence-corrected chi connectivity index (χ0v) is 25.3. The number of rotatable bonds is 6. The normalized spacial score (nSPS) is 10.3. The first-order valence-electron chi connectivity index (χ1n) is 12.0. The third-order valence-corrected chi connectivity index (χ3v) is 5.48. The van der Waals surface area contributed by atoms with Crippen molar-refractivity contribution in [1.82, 2.24) is 14.9 Å².